The van der Waals surface area contributed by atoms with Crippen LogP contribution < -0.4 is 0 Å². The highest BCUT2D eigenvalue weighted by atomic mass is 32.1. The number of hydrogen-bond donors (Lipinski definition) is 1. The van der Waals surface area contributed by atoms with Gasteiger partial charge in [-0.25, -0.2) is 0 Å². The highest BCUT2D eigenvalue weighted by Crippen LogP contribution is 2.20. The van der Waals surface area contributed by atoms with Crippen LogP contribution in [0.25, 0.3) is 0 Å². The van der Waals surface area contributed by atoms with E-state index in [2.05, 4.69) is 75.6 Å². The largest absolute Gasteiger partial charge is 0.300 e. The molecule has 0 amide bonds. The van der Waals surface area contributed by atoms with Gasteiger partial charge < -0.3 is 4.90 Å². The van der Waals surface area contributed by atoms with Crippen LogP contribution in [0.15, 0.2) is 30.3 Å². The van der Waals surface area contributed by atoms with E-state index in [0.29, 0.717) is 17.9 Å². The normalized spacial score (nSPS) is 13.6. The minimum atomic E-state index is 0.524. The Kier molecular flexibility index (Phi) is 6.80. The van der Waals surface area contributed by atoms with Gasteiger partial charge in [-0.1, -0.05) is 44.2 Å². The Morgan fingerprint density at radius 3 is 2.06 bits per heavy atom. The summed E-state index contributed by atoms with van der Waals surface area (Å²) >= 11 is 4.53. The number of thiol groups is 1. The zero-order chi connectivity index (χ0) is 13.5. The number of benzene rings is 1. The summed E-state index contributed by atoms with van der Waals surface area (Å²) in [5.74, 6) is 2.14. The van der Waals surface area contributed by atoms with Crippen molar-refractivity contribution in [1.29, 1.82) is 0 Å². The van der Waals surface area contributed by atoms with Crippen LogP contribution in [-0.4, -0.2) is 29.8 Å². The van der Waals surface area contributed by atoms with Crippen molar-refractivity contribution < 1.29 is 0 Å². The molecule has 0 heterocycles. The van der Waals surface area contributed by atoms with Gasteiger partial charge in [-0.15, -0.1) is 0 Å². The predicted molar refractivity (Wildman–Crippen MR) is 84.6 cm³/mol. The third kappa shape index (κ3) is 5.03. The summed E-state index contributed by atoms with van der Waals surface area (Å²) in [5, 5.41) is 0. The monoisotopic (exact) mass is 265 g/mol. The van der Waals surface area contributed by atoms with Crippen LogP contribution in [-0.2, 0) is 0 Å². The Morgan fingerprint density at radius 2 is 1.61 bits per heavy atom. The Balaban J connectivity index is 2.71. The predicted octanol–water partition coefficient (Wildman–Crippen LogP) is 4.07. The third-order valence-corrected chi connectivity index (χ3v) is 3.72. The first-order valence-electron chi connectivity index (χ1n) is 6.94. The molecule has 0 N–H and O–H groups in total. The van der Waals surface area contributed by atoms with Crippen LogP contribution in [0.3, 0.4) is 0 Å². The van der Waals surface area contributed by atoms with E-state index in [1.807, 2.05) is 0 Å². The molecule has 0 saturated carbocycles. The quantitative estimate of drug-likeness (QED) is 0.727. The Labute approximate surface area is 118 Å². The van der Waals surface area contributed by atoms with Gasteiger partial charge in [-0.3, -0.25) is 0 Å². The molecule has 0 radical (unpaired) electrons. The molecule has 18 heavy (non-hydrogen) atoms. The van der Waals surface area contributed by atoms with Crippen molar-refractivity contribution >= 4 is 12.6 Å². The fourth-order valence-electron chi connectivity index (χ4n) is 2.24. The highest BCUT2D eigenvalue weighted by molar-refractivity contribution is 7.80. The molecule has 1 rings (SSSR count). The van der Waals surface area contributed by atoms with E-state index in [-0.39, 0.29) is 0 Å². The first-order chi connectivity index (χ1) is 8.54. The SMILES string of the molecule is CC(C)CN(CC(CS)c1ccccc1)C(C)C. The molecule has 0 fully saturated rings. The van der Waals surface area contributed by atoms with Gasteiger partial charge in [0.25, 0.3) is 0 Å². The Hall–Kier alpha value is -0.470. The summed E-state index contributed by atoms with van der Waals surface area (Å²) in [6.45, 7) is 11.4. The lowest BCUT2D eigenvalue weighted by Gasteiger charge is -2.31. The van der Waals surface area contributed by atoms with E-state index in [1.54, 1.807) is 0 Å². The molecular weight excluding hydrogens is 238 g/mol. The lowest BCUT2D eigenvalue weighted by atomic mass is 9.99. The molecule has 0 aromatic heterocycles. The number of rotatable bonds is 7. The van der Waals surface area contributed by atoms with Gasteiger partial charge in [-0.2, -0.15) is 12.6 Å². The Bertz CT molecular complexity index is 321. The molecule has 1 aromatic rings. The van der Waals surface area contributed by atoms with Gasteiger partial charge in [0.15, 0.2) is 0 Å². The molecule has 1 unspecified atom stereocenters. The van der Waals surface area contributed by atoms with Gasteiger partial charge in [0.05, 0.1) is 0 Å². The van der Waals surface area contributed by atoms with Crippen molar-refractivity contribution in [2.75, 3.05) is 18.8 Å². The fraction of sp³-hybridized carbons (Fsp3) is 0.625. The van der Waals surface area contributed by atoms with Gasteiger partial charge in [0.1, 0.15) is 0 Å². The Morgan fingerprint density at radius 1 is 1.00 bits per heavy atom. The topological polar surface area (TPSA) is 3.24 Å². The molecule has 0 spiro atoms. The average molecular weight is 265 g/mol. The molecule has 0 aliphatic carbocycles. The van der Waals surface area contributed by atoms with Crippen molar-refractivity contribution in [3.05, 3.63) is 35.9 Å². The van der Waals surface area contributed by atoms with Crippen molar-refractivity contribution in [2.45, 2.75) is 39.7 Å². The second-order valence-corrected chi connectivity index (χ2v) is 6.10. The maximum atomic E-state index is 4.53. The molecule has 0 aliphatic heterocycles. The molecule has 0 aliphatic rings. The molecule has 0 saturated heterocycles. The molecular formula is C16H27NS. The van der Waals surface area contributed by atoms with E-state index in [0.717, 1.165) is 18.8 Å². The van der Waals surface area contributed by atoms with E-state index >= 15 is 0 Å². The molecule has 1 nitrogen and oxygen atoms in total. The summed E-state index contributed by atoms with van der Waals surface area (Å²) in [4.78, 5) is 2.57. The summed E-state index contributed by atoms with van der Waals surface area (Å²) in [6.07, 6.45) is 0. The second-order valence-electron chi connectivity index (χ2n) is 5.73. The van der Waals surface area contributed by atoms with Gasteiger partial charge in [0.2, 0.25) is 0 Å². The maximum Gasteiger partial charge on any atom is 0.00609 e. The fourth-order valence-corrected chi connectivity index (χ4v) is 2.57. The summed E-state index contributed by atoms with van der Waals surface area (Å²) in [7, 11) is 0. The molecule has 1 atom stereocenters. The van der Waals surface area contributed by atoms with E-state index in [1.165, 1.54) is 5.56 Å². The molecule has 2 heteroatoms. The van der Waals surface area contributed by atoms with E-state index < -0.39 is 0 Å². The summed E-state index contributed by atoms with van der Waals surface area (Å²) < 4.78 is 0. The zero-order valence-electron chi connectivity index (χ0n) is 12.1. The second kappa shape index (κ2) is 7.85. The standard InChI is InChI=1S/C16H27NS/c1-13(2)10-17(14(3)4)11-16(12-18)15-8-6-5-7-9-15/h5-9,13-14,16,18H,10-12H2,1-4H3. The van der Waals surface area contributed by atoms with Crippen LogP contribution in [0.4, 0.5) is 0 Å². The average Bonchev–Trinajstić information content (AvgIpc) is 2.34. The number of hydrogen-bond acceptors (Lipinski definition) is 2. The summed E-state index contributed by atoms with van der Waals surface area (Å²) in [6, 6.07) is 11.3. The van der Waals surface area contributed by atoms with Crippen molar-refractivity contribution in [3.8, 4) is 0 Å². The smallest absolute Gasteiger partial charge is 0.00609 e. The lowest BCUT2D eigenvalue weighted by molar-refractivity contribution is 0.189. The van der Waals surface area contributed by atoms with Crippen LogP contribution in [0, 0.1) is 5.92 Å². The molecule has 102 valence electrons. The first kappa shape index (κ1) is 15.6. The minimum Gasteiger partial charge on any atom is -0.300 e. The van der Waals surface area contributed by atoms with Crippen LogP contribution in [0.5, 0.6) is 0 Å². The maximum absolute atomic E-state index is 4.53. The third-order valence-electron chi connectivity index (χ3n) is 3.28. The van der Waals surface area contributed by atoms with Crippen LogP contribution in [0.1, 0.15) is 39.2 Å². The van der Waals surface area contributed by atoms with E-state index in [9.17, 15) is 0 Å². The molecule has 1 aromatic carbocycles. The van der Waals surface area contributed by atoms with Crippen molar-refractivity contribution in [1.82, 2.24) is 4.90 Å². The number of nitrogens with zero attached hydrogens (tertiary/aromatic N) is 1. The van der Waals surface area contributed by atoms with Gasteiger partial charge >= 0.3 is 0 Å². The minimum absolute atomic E-state index is 0.524. The van der Waals surface area contributed by atoms with Crippen molar-refractivity contribution in [2.24, 2.45) is 5.92 Å². The van der Waals surface area contributed by atoms with Crippen LogP contribution >= 0.6 is 12.6 Å². The van der Waals surface area contributed by atoms with Gasteiger partial charge in [-0.05, 0) is 31.1 Å². The lowest BCUT2D eigenvalue weighted by Crippen LogP contribution is -2.37. The highest BCUT2D eigenvalue weighted by Gasteiger charge is 2.17. The van der Waals surface area contributed by atoms with Crippen molar-refractivity contribution in [3.63, 3.8) is 0 Å². The summed E-state index contributed by atoms with van der Waals surface area (Å²) in [5.41, 5.74) is 1.40. The van der Waals surface area contributed by atoms with Crippen LogP contribution in [0.2, 0.25) is 0 Å². The van der Waals surface area contributed by atoms with Gasteiger partial charge in [0, 0.05) is 25.0 Å². The zero-order valence-corrected chi connectivity index (χ0v) is 13.0. The first-order valence-corrected chi connectivity index (χ1v) is 7.57. The van der Waals surface area contributed by atoms with E-state index in [4.69, 9.17) is 0 Å². The molecule has 0 bridgehead atoms.